The maximum atomic E-state index is 12.1. The maximum absolute atomic E-state index is 12.1. The highest BCUT2D eigenvalue weighted by atomic mass is 16.2. The summed E-state index contributed by atoms with van der Waals surface area (Å²) in [6.07, 6.45) is 2.93. The Labute approximate surface area is 109 Å². The molecule has 0 radical (unpaired) electrons. The van der Waals surface area contributed by atoms with Crippen molar-refractivity contribution >= 4 is 11.8 Å². The lowest BCUT2D eigenvalue weighted by Gasteiger charge is -2.24. The zero-order valence-electron chi connectivity index (χ0n) is 11.5. The quantitative estimate of drug-likeness (QED) is 0.685. The Kier molecular flexibility index (Phi) is 7.77. The van der Waals surface area contributed by atoms with Gasteiger partial charge < -0.3 is 10.6 Å². The summed E-state index contributed by atoms with van der Waals surface area (Å²) >= 11 is 0. The van der Waals surface area contributed by atoms with Crippen molar-refractivity contribution in [3.8, 4) is 6.07 Å². The average Bonchev–Trinajstić information content (AvgIpc) is 2.37. The fraction of sp³-hybridized carbons (Fsp3) is 0.769. The van der Waals surface area contributed by atoms with Crippen LogP contribution < -0.4 is 10.6 Å². The Morgan fingerprint density at radius 2 is 1.78 bits per heavy atom. The third kappa shape index (κ3) is 4.74. The van der Waals surface area contributed by atoms with Crippen molar-refractivity contribution in [2.45, 2.75) is 46.0 Å². The van der Waals surface area contributed by atoms with Gasteiger partial charge in [0.05, 0.1) is 6.07 Å². The van der Waals surface area contributed by atoms with Gasteiger partial charge in [-0.15, -0.1) is 0 Å². The van der Waals surface area contributed by atoms with E-state index in [1.165, 1.54) is 0 Å². The Hall–Kier alpha value is -1.57. The van der Waals surface area contributed by atoms with E-state index in [1.54, 1.807) is 7.05 Å². The fourth-order valence-electron chi connectivity index (χ4n) is 1.95. The first kappa shape index (κ1) is 16.4. The Morgan fingerprint density at radius 3 is 2.17 bits per heavy atom. The molecular weight excluding hydrogens is 230 g/mol. The number of amides is 2. The van der Waals surface area contributed by atoms with Crippen molar-refractivity contribution in [1.82, 2.24) is 10.6 Å². The first-order chi connectivity index (χ1) is 8.56. The molecule has 0 fully saturated rings. The number of hydrogen-bond acceptors (Lipinski definition) is 3. The molecule has 0 aliphatic heterocycles. The van der Waals surface area contributed by atoms with Crippen LogP contribution >= 0.6 is 0 Å². The van der Waals surface area contributed by atoms with Crippen LogP contribution in [0.5, 0.6) is 0 Å². The Balaban J connectivity index is 4.48. The number of carbonyl (C=O) groups excluding carboxylic acids is 2. The molecule has 5 nitrogen and oxygen atoms in total. The third-order valence-electron chi connectivity index (χ3n) is 2.92. The van der Waals surface area contributed by atoms with Crippen LogP contribution in [0.4, 0.5) is 0 Å². The molecule has 0 aromatic rings. The number of hydrogen-bond donors (Lipinski definition) is 2. The van der Waals surface area contributed by atoms with Crippen molar-refractivity contribution < 1.29 is 9.59 Å². The normalized spacial score (nSPS) is 10.6. The summed E-state index contributed by atoms with van der Waals surface area (Å²) in [5.74, 6) is -0.374. The van der Waals surface area contributed by atoms with Gasteiger partial charge in [-0.2, -0.15) is 5.26 Å². The summed E-state index contributed by atoms with van der Waals surface area (Å²) in [5.41, 5.74) is -0.938. The molecule has 0 saturated heterocycles. The van der Waals surface area contributed by atoms with E-state index < -0.39 is 5.41 Å². The smallest absolute Gasteiger partial charge is 0.240 e. The maximum Gasteiger partial charge on any atom is 0.240 e. The Morgan fingerprint density at radius 1 is 1.22 bits per heavy atom. The summed E-state index contributed by atoms with van der Waals surface area (Å²) in [7, 11) is 1.55. The predicted octanol–water partition coefficient (Wildman–Crippen LogP) is 1.35. The summed E-state index contributed by atoms with van der Waals surface area (Å²) in [5, 5.41) is 14.4. The zero-order valence-corrected chi connectivity index (χ0v) is 11.5. The van der Waals surface area contributed by atoms with Gasteiger partial charge in [0, 0.05) is 20.0 Å². The molecule has 0 atom stereocenters. The second kappa shape index (κ2) is 8.51. The average molecular weight is 253 g/mol. The highest BCUT2D eigenvalue weighted by Crippen LogP contribution is 2.29. The standard InChI is InChI=1S/C13H23N3O2/c1-4-7-13(10-14,8-5-2)12(18)16-9-6-11(17)15-3/h4-9H2,1-3H3,(H,15,17)(H,16,18). The number of nitriles is 1. The fourth-order valence-corrected chi connectivity index (χ4v) is 1.95. The van der Waals surface area contributed by atoms with Crippen molar-refractivity contribution in [3.63, 3.8) is 0 Å². The lowest BCUT2D eigenvalue weighted by molar-refractivity contribution is -0.129. The molecular formula is C13H23N3O2. The lowest BCUT2D eigenvalue weighted by atomic mass is 9.80. The molecule has 5 heteroatoms. The van der Waals surface area contributed by atoms with Crippen molar-refractivity contribution in [2.75, 3.05) is 13.6 Å². The zero-order chi connectivity index (χ0) is 14.0. The van der Waals surface area contributed by atoms with E-state index in [-0.39, 0.29) is 24.8 Å². The summed E-state index contributed by atoms with van der Waals surface area (Å²) < 4.78 is 0. The minimum absolute atomic E-state index is 0.121. The molecule has 18 heavy (non-hydrogen) atoms. The van der Waals surface area contributed by atoms with Crippen LogP contribution in [0, 0.1) is 16.7 Å². The minimum atomic E-state index is -0.938. The molecule has 2 amide bonds. The van der Waals surface area contributed by atoms with Crippen LogP contribution in [0.25, 0.3) is 0 Å². The monoisotopic (exact) mass is 253 g/mol. The van der Waals surface area contributed by atoms with E-state index in [9.17, 15) is 14.9 Å². The van der Waals surface area contributed by atoms with Crippen LogP contribution in [-0.4, -0.2) is 25.4 Å². The van der Waals surface area contributed by atoms with Gasteiger partial charge in [-0.25, -0.2) is 0 Å². The van der Waals surface area contributed by atoms with Crippen LogP contribution in [0.1, 0.15) is 46.0 Å². The van der Waals surface area contributed by atoms with Gasteiger partial charge >= 0.3 is 0 Å². The molecule has 2 N–H and O–H groups in total. The first-order valence-electron chi connectivity index (χ1n) is 6.46. The molecule has 0 aliphatic carbocycles. The highest BCUT2D eigenvalue weighted by Gasteiger charge is 2.36. The number of rotatable bonds is 8. The van der Waals surface area contributed by atoms with E-state index >= 15 is 0 Å². The lowest BCUT2D eigenvalue weighted by Crippen LogP contribution is -2.41. The van der Waals surface area contributed by atoms with Gasteiger partial charge in [0.25, 0.3) is 0 Å². The second-order valence-electron chi connectivity index (χ2n) is 4.37. The minimum Gasteiger partial charge on any atom is -0.359 e. The van der Waals surface area contributed by atoms with E-state index in [0.717, 1.165) is 12.8 Å². The predicted molar refractivity (Wildman–Crippen MR) is 69.6 cm³/mol. The van der Waals surface area contributed by atoms with Gasteiger partial charge in [-0.05, 0) is 12.8 Å². The Bertz CT molecular complexity index is 315. The molecule has 0 unspecified atom stereocenters. The highest BCUT2D eigenvalue weighted by molar-refractivity contribution is 5.86. The molecule has 0 spiro atoms. The van der Waals surface area contributed by atoms with Crippen LogP contribution in [0.2, 0.25) is 0 Å². The molecule has 0 aromatic carbocycles. The number of nitrogens with zero attached hydrogens (tertiary/aromatic N) is 1. The molecule has 102 valence electrons. The van der Waals surface area contributed by atoms with Crippen molar-refractivity contribution in [2.24, 2.45) is 5.41 Å². The van der Waals surface area contributed by atoms with E-state index in [1.807, 2.05) is 13.8 Å². The van der Waals surface area contributed by atoms with Crippen LogP contribution in [0.15, 0.2) is 0 Å². The van der Waals surface area contributed by atoms with E-state index in [4.69, 9.17) is 0 Å². The van der Waals surface area contributed by atoms with Gasteiger partial charge in [-0.3, -0.25) is 9.59 Å². The van der Waals surface area contributed by atoms with Gasteiger partial charge in [0.1, 0.15) is 5.41 Å². The molecule has 0 saturated carbocycles. The molecule has 0 heterocycles. The topological polar surface area (TPSA) is 82.0 Å². The summed E-state index contributed by atoms with van der Waals surface area (Å²) in [6.45, 7) is 4.19. The van der Waals surface area contributed by atoms with E-state index in [0.29, 0.717) is 12.8 Å². The van der Waals surface area contributed by atoms with Crippen molar-refractivity contribution in [1.29, 1.82) is 5.26 Å². The largest absolute Gasteiger partial charge is 0.359 e. The SMILES string of the molecule is CCCC(C#N)(CCC)C(=O)NCCC(=O)NC. The third-order valence-corrected chi connectivity index (χ3v) is 2.92. The van der Waals surface area contributed by atoms with Crippen LogP contribution in [-0.2, 0) is 9.59 Å². The van der Waals surface area contributed by atoms with Gasteiger partial charge in [0.15, 0.2) is 0 Å². The molecule has 0 aromatic heterocycles. The van der Waals surface area contributed by atoms with Crippen molar-refractivity contribution in [3.05, 3.63) is 0 Å². The molecule has 0 rings (SSSR count). The summed E-state index contributed by atoms with van der Waals surface area (Å²) in [6, 6.07) is 2.16. The first-order valence-corrected chi connectivity index (χ1v) is 6.46. The molecule has 0 aliphatic rings. The van der Waals surface area contributed by atoms with Gasteiger partial charge in [-0.1, -0.05) is 26.7 Å². The number of carbonyl (C=O) groups is 2. The number of nitrogens with one attached hydrogen (secondary N) is 2. The van der Waals surface area contributed by atoms with Crippen LogP contribution in [0.3, 0.4) is 0 Å². The summed E-state index contributed by atoms with van der Waals surface area (Å²) in [4.78, 5) is 23.1. The second-order valence-corrected chi connectivity index (χ2v) is 4.37. The van der Waals surface area contributed by atoms with E-state index in [2.05, 4.69) is 16.7 Å². The van der Waals surface area contributed by atoms with Gasteiger partial charge in [0.2, 0.25) is 11.8 Å². The molecule has 0 bridgehead atoms.